The first-order chi connectivity index (χ1) is 16.0. The van der Waals surface area contributed by atoms with Gasteiger partial charge < -0.3 is 33.7 Å². The minimum atomic E-state index is -1.29. The van der Waals surface area contributed by atoms with E-state index >= 15 is 0 Å². The molecule has 174 valence electrons. The molecule has 2 aliphatic rings. The molecule has 2 heterocycles. The van der Waals surface area contributed by atoms with Crippen molar-refractivity contribution >= 4 is 27.5 Å². The molecule has 2 unspecified atom stereocenters. The summed E-state index contributed by atoms with van der Waals surface area (Å²) in [5, 5.41) is 14.3. The van der Waals surface area contributed by atoms with E-state index in [1.807, 2.05) is 24.3 Å². The molecule has 0 radical (unpaired) electrons. The summed E-state index contributed by atoms with van der Waals surface area (Å²) in [6.45, 7) is 0.488. The Labute approximate surface area is 191 Å². The van der Waals surface area contributed by atoms with Crippen LogP contribution in [-0.2, 0) is 10.5 Å². The second-order valence-corrected chi connectivity index (χ2v) is 8.27. The van der Waals surface area contributed by atoms with Crippen molar-refractivity contribution in [2.45, 2.75) is 24.7 Å². The van der Waals surface area contributed by atoms with E-state index in [0.29, 0.717) is 58.9 Å². The van der Waals surface area contributed by atoms with Crippen LogP contribution in [0.2, 0.25) is 0 Å². The Morgan fingerprint density at radius 3 is 1.82 bits per heavy atom. The topological polar surface area (TPSA) is 86.7 Å². The molecule has 2 aliphatic heterocycles. The summed E-state index contributed by atoms with van der Waals surface area (Å²) < 4.78 is 28.3. The Bertz CT molecular complexity index is 1290. The number of methoxy groups -OCH3 is 5. The lowest BCUT2D eigenvalue weighted by Gasteiger charge is -2.45. The molecule has 33 heavy (non-hydrogen) atoms. The van der Waals surface area contributed by atoms with E-state index < -0.39 is 11.8 Å². The molecule has 1 N–H and O–H groups in total. The number of rotatable bonds is 5. The Balaban J connectivity index is 2.03. The summed E-state index contributed by atoms with van der Waals surface area (Å²) in [4.78, 5) is 15.5. The van der Waals surface area contributed by atoms with Crippen LogP contribution >= 0.6 is 0 Å². The molecule has 3 aromatic carbocycles. The van der Waals surface area contributed by atoms with Crippen LogP contribution in [0.4, 0.5) is 0 Å². The molecule has 5 rings (SSSR count). The van der Waals surface area contributed by atoms with Gasteiger partial charge in [-0.1, -0.05) is 0 Å². The van der Waals surface area contributed by atoms with Crippen molar-refractivity contribution in [3.05, 3.63) is 35.4 Å². The number of benzene rings is 3. The molecule has 1 amide bonds. The van der Waals surface area contributed by atoms with E-state index in [1.165, 1.54) is 7.11 Å². The van der Waals surface area contributed by atoms with Crippen molar-refractivity contribution in [2.75, 3.05) is 42.1 Å². The quantitative estimate of drug-likeness (QED) is 0.592. The number of aliphatic hydroxyl groups excluding tert-OH is 1. The van der Waals surface area contributed by atoms with Crippen LogP contribution in [-0.4, -0.2) is 64.1 Å². The maximum absolute atomic E-state index is 13.8. The van der Waals surface area contributed by atoms with Gasteiger partial charge in [-0.25, -0.2) is 0 Å². The Kier molecular flexibility index (Phi) is 5.02. The number of nitrogens with zero attached hydrogens (tertiary/aromatic N) is 1. The Hall–Kier alpha value is -3.23. The van der Waals surface area contributed by atoms with E-state index in [4.69, 9.17) is 23.7 Å². The van der Waals surface area contributed by atoms with Gasteiger partial charge in [0.05, 0.1) is 34.0 Å². The zero-order valence-electron chi connectivity index (χ0n) is 19.4. The third-order valence-corrected chi connectivity index (χ3v) is 6.97. The number of amides is 1. The molecular weight excluding hydrogens is 426 g/mol. The number of hydrogen-bond donors (Lipinski definition) is 1. The van der Waals surface area contributed by atoms with Crippen LogP contribution in [0.15, 0.2) is 24.3 Å². The minimum absolute atomic E-state index is 0.181. The number of piperidine rings is 1. The first kappa shape index (κ1) is 21.6. The summed E-state index contributed by atoms with van der Waals surface area (Å²) in [6.07, 6.45) is 0.335. The first-order valence-electron chi connectivity index (χ1n) is 10.8. The largest absolute Gasteiger partial charge is 0.493 e. The molecule has 0 aromatic heterocycles. The normalized spacial score (nSPS) is 21.8. The van der Waals surface area contributed by atoms with Crippen LogP contribution in [0, 0.1) is 0 Å². The molecule has 0 bridgehead atoms. The van der Waals surface area contributed by atoms with Gasteiger partial charge in [-0.3, -0.25) is 4.79 Å². The summed E-state index contributed by atoms with van der Waals surface area (Å²) in [5.74, 6) is 1.95. The molecule has 8 nitrogen and oxygen atoms in total. The molecule has 8 heteroatoms. The van der Waals surface area contributed by atoms with Crippen molar-refractivity contribution in [1.82, 2.24) is 4.90 Å². The van der Waals surface area contributed by atoms with Crippen molar-refractivity contribution in [3.63, 3.8) is 0 Å². The lowest BCUT2D eigenvalue weighted by atomic mass is 9.84. The second-order valence-electron chi connectivity index (χ2n) is 8.27. The van der Waals surface area contributed by atoms with Crippen molar-refractivity contribution in [3.8, 4) is 23.0 Å². The van der Waals surface area contributed by atoms with Gasteiger partial charge in [-0.15, -0.1) is 0 Å². The van der Waals surface area contributed by atoms with E-state index in [-0.39, 0.29) is 5.91 Å². The smallest absolute Gasteiger partial charge is 0.257 e. The van der Waals surface area contributed by atoms with Gasteiger partial charge in [-0.2, -0.15) is 0 Å². The van der Waals surface area contributed by atoms with Crippen molar-refractivity contribution in [1.29, 1.82) is 0 Å². The van der Waals surface area contributed by atoms with E-state index in [2.05, 4.69) is 0 Å². The predicted octanol–water partition coefficient (Wildman–Crippen LogP) is 3.44. The third-order valence-electron chi connectivity index (χ3n) is 6.97. The number of hydrogen-bond acceptors (Lipinski definition) is 7. The highest BCUT2D eigenvalue weighted by Gasteiger charge is 2.58. The lowest BCUT2D eigenvalue weighted by molar-refractivity contribution is -0.199. The number of fused-ring (bicyclic) bond motifs is 8. The van der Waals surface area contributed by atoms with Gasteiger partial charge in [0.2, 0.25) is 0 Å². The van der Waals surface area contributed by atoms with Crippen molar-refractivity contribution in [2.24, 2.45) is 0 Å². The molecule has 1 saturated heterocycles. The van der Waals surface area contributed by atoms with Gasteiger partial charge in [-0.05, 0) is 58.7 Å². The fourth-order valence-corrected chi connectivity index (χ4v) is 5.50. The fraction of sp³-hybridized carbons (Fsp3) is 0.400. The molecule has 2 atom stereocenters. The first-order valence-corrected chi connectivity index (χ1v) is 10.8. The molecule has 0 saturated carbocycles. The minimum Gasteiger partial charge on any atom is -0.493 e. The van der Waals surface area contributed by atoms with Crippen LogP contribution in [0.25, 0.3) is 21.5 Å². The van der Waals surface area contributed by atoms with E-state index in [9.17, 15) is 9.90 Å². The average molecular weight is 453 g/mol. The van der Waals surface area contributed by atoms with Crippen LogP contribution in [0.3, 0.4) is 0 Å². The number of carbonyl (C=O) groups excluding carboxylic acids is 1. The van der Waals surface area contributed by atoms with E-state index in [0.717, 1.165) is 16.2 Å². The lowest BCUT2D eigenvalue weighted by Crippen LogP contribution is -2.56. The standard InChI is InChI=1S/C25H27NO7/c1-29-17-9-13-14-10-18(30-2)20(32-4)12-16(14)23-22(15(13)11-19(17)31-3)24(28)26-8-6-7-21(27)25(23,26)33-5/h9-12,21,27H,6-8H2,1-5H3. The van der Waals surface area contributed by atoms with Gasteiger partial charge in [0.1, 0.15) is 6.10 Å². The average Bonchev–Trinajstić information content (AvgIpc) is 3.12. The highest BCUT2D eigenvalue weighted by molar-refractivity contribution is 6.22. The second kappa shape index (κ2) is 7.67. The maximum Gasteiger partial charge on any atom is 0.257 e. The summed E-state index contributed by atoms with van der Waals surface area (Å²) in [7, 11) is 7.82. The van der Waals surface area contributed by atoms with Gasteiger partial charge in [0, 0.05) is 19.2 Å². The summed E-state index contributed by atoms with van der Waals surface area (Å²) in [5.41, 5.74) is -0.157. The maximum atomic E-state index is 13.8. The number of carbonyl (C=O) groups is 1. The highest BCUT2D eigenvalue weighted by atomic mass is 16.5. The number of ether oxygens (including phenoxy) is 5. The van der Waals surface area contributed by atoms with Crippen molar-refractivity contribution < 1.29 is 33.6 Å². The van der Waals surface area contributed by atoms with Gasteiger partial charge in [0.25, 0.3) is 5.91 Å². The fourth-order valence-electron chi connectivity index (χ4n) is 5.50. The molecular formula is C25H27NO7. The van der Waals surface area contributed by atoms with Gasteiger partial charge >= 0.3 is 0 Å². The monoisotopic (exact) mass is 453 g/mol. The zero-order valence-corrected chi connectivity index (χ0v) is 19.4. The molecule has 0 aliphatic carbocycles. The summed E-state index contributed by atoms with van der Waals surface area (Å²) >= 11 is 0. The third kappa shape index (κ3) is 2.68. The SMILES string of the molecule is COc1cc2c3c(c4cc(OC)c(OC)cc4c2cc1OC)C1(OC)C(O)CCCN1C3=O. The van der Waals surface area contributed by atoms with Crippen LogP contribution in [0.1, 0.15) is 28.8 Å². The highest BCUT2D eigenvalue weighted by Crippen LogP contribution is 2.53. The Morgan fingerprint density at radius 2 is 1.30 bits per heavy atom. The Morgan fingerprint density at radius 1 is 0.818 bits per heavy atom. The van der Waals surface area contributed by atoms with Crippen LogP contribution < -0.4 is 18.9 Å². The van der Waals surface area contributed by atoms with Gasteiger partial charge in [0.15, 0.2) is 28.7 Å². The van der Waals surface area contributed by atoms with Crippen LogP contribution in [0.5, 0.6) is 23.0 Å². The summed E-state index contributed by atoms with van der Waals surface area (Å²) in [6, 6.07) is 7.41. The zero-order chi connectivity index (χ0) is 23.5. The molecule has 0 spiro atoms. The predicted molar refractivity (Wildman–Crippen MR) is 123 cm³/mol. The molecule has 1 fully saturated rings. The van der Waals surface area contributed by atoms with E-state index in [1.54, 1.807) is 33.3 Å². The molecule has 3 aromatic rings. The number of aliphatic hydroxyl groups is 1.